The number of methoxy groups -OCH3 is 1. The summed E-state index contributed by atoms with van der Waals surface area (Å²) in [6.07, 6.45) is 5.66. The summed E-state index contributed by atoms with van der Waals surface area (Å²) in [5.74, 6) is -0.135. The number of hydrogen-bond acceptors (Lipinski definition) is 4. The second-order valence-corrected chi connectivity index (χ2v) is 5.37. The van der Waals surface area contributed by atoms with Crippen LogP contribution in [0.15, 0.2) is 0 Å². The molecule has 2 unspecified atom stereocenters. The lowest BCUT2D eigenvalue weighted by molar-refractivity contribution is -0.143. The van der Waals surface area contributed by atoms with E-state index in [0.717, 1.165) is 31.8 Å². The van der Waals surface area contributed by atoms with Crippen LogP contribution in [0.5, 0.6) is 0 Å². The predicted octanol–water partition coefficient (Wildman–Crippen LogP) is 1.79. The quantitative estimate of drug-likeness (QED) is 0.639. The second-order valence-electron chi connectivity index (χ2n) is 5.37. The molecule has 0 radical (unpaired) electrons. The van der Waals surface area contributed by atoms with E-state index in [1.807, 2.05) is 0 Å². The number of rotatable bonds is 9. The van der Waals surface area contributed by atoms with Crippen LogP contribution in [0.2, 0.25) is 0 Å². The Hall–Kier alpha value is -0.610. The minimum absolute atomic E-state index is 0.135. The van der Waals surface area contributed by atoms with Crippen molar-refractivity contribution in [2.24, 2.45) is 0 Å². The topological polar surface area (TPSA) is 41.6 Å². The average Bonchev–Trinajstić information content (AvgIpc) is 3.21. The molecule has 4 heteroatoms. The van der Waals surface area contributed by atoms with Gasteiger partial charge in [-0.3, -0.25) is 9.69 Å². The monoisotopic (exact) mass is 256 g/mol. The Bertz CT molecular complexity index is 254. The van der Waals surface area contributed by atoms with Gasteiger partial charge in [0.15, 0.2) is 0 Å². The van der Waals surface area contributed by atoms with Crippen molar-refractivity contribution < 1.29 is 9.53 Å². The number of carbonyl (C=O) groups is 1. The number of ether oxygens (including phenoxy) is 1. The average molecular weight is 256 g/mol. The summed E-state index contributed by atoms with van der Waals surface area (Å²) in [6.45, 7) is 5.19. The van der Waals surface area contributed by atoms with E-state index in [1.54, 1.807) is 0 Å². The van der Waals surface area contributed by atoms with E-state index in [1.165, 1.54) is 20.0 Å². The van der Waals surface area contributed by atoms with Crippen molar-refractivity contribution in [1.29, 1.82) is 0 Å². The number of hydrogen-bond donors (Lipinski definition) is 1. The molecule has 0 aromatic rings. The molecule has 106 valence electrons. The minimum atomic E-state index is -0.148. The first kappa shape index (κ1) is 15.4. The van der Waals surface area contributed by atoms with E-state index in [4.69, 9.17) is 4.74 Å². The molecular weight excluding hydrogens is 228 g/mol. The maximum absolute atomic E-state index is 11.6. The Morgan fingerprint density at radius 1 is 1.50 bits per heavy atom. The molecule has 4 nitrogen and oxygen atoms in total. The molecular formula is C14H28N2O2. The maximum atomic E-state index is 11.6. The SMILES string of the molecule is CCCCC(NCC(C)N(C)C1CC1)C(=O)OC. The normalized spacial score (nSPS) is 18.7. The number of carbonyl (C=O) groups excluding carboxylic acids is 1. The lowest BCUT2D eigenvalue weighted by Gasteiger charge is -2.26. The van der Waals surface area contributed by atoms with Gasteiger partial charge >= 0.3 is 5.97 Å². The summed E-state index contributed by atoms with van der Waals surface area (Å²) in [5.41, 5.74) is 0. The Balaban J connectivity index is 2.32. The van der Waals surface area contributed by atoms with E-state index in [9.17, 15) is 4.79 Å². The molecule has 0 heterocycles. The van der Waals surface area contributed by atoms with Gasteiger partial charge in [-0.1, -0.05) is 19.8 Å². The lowest BCUT2D eigenvalue weighted by atomic mass is 10.1. The van der Waals surface area contributed by atoms with Crippen LogP contribution in [0.4, 0.5) is 0 Å². The Labute approximate surface area is 111 Å². The van der Waals surface area contributed by atoms with Crippen molar-refractivity contribution in [3.63, 3.8) is 0 Å². The Kier molecular flexibility index (Phi) is 6.65. The zero-order valence-electron chi connectivity index (χ0n) is 12.2. The van der Waals surface area contributed by atoms with Crippen molar-refractivity contribution in [3.05, 3.63) is 0 Å². The van der Waals surface area contributed by atoms with Crippen molar-refractivity contribution in [2.75, 3.05) is 20.7 Å². The van der Waals surface area contributed by atoms with Gasteiger partial charge in [0.05, 0.1) is 7.11 Å². The summed E-state index contributed by atoms with van der Waals surface area (Å²) >= 11 is 0. The summed E-state index contributed by atoms with van der Waals surface area (Å²) < 4.78 is 4.85. The van der Waals surface area contributed by atoms with Gasteiger partial charge in [-0.15, -0.1) is 0 Å². The van der Waals surface area contributed by atoms with Gasteiger partial charge < -0.3 is 10.1 Å². The molecule has 0 aromatic heterocycles. The molecule has 2 atom stereocenters. The summed E-state index contributed by atoms with van der Waals surface area (Å²) in [6, 6.07) is 1.07. The van der Waals surface area contributed by atoms with E-state index in [2.05, 4.69) is 31.1 Å². The van der Waals surface area contributed by atoms with Gasteiger partial charge in [0.25, 0.3) is 0 Å². The summed E-state index contributed by atoms with van der Waals surface area (Å²) in [5, 5.41) is 3.35. The fraction of sp³-hybridized carbons (Fsp3) is 0.929. The molecule has 0 saturated heterocycles. The minimum Gasteiger partial charge on any atom is -0.468 e. The maximum Gasteiger partial charge on any atom is 0.322 e. The number of esters is 1. The van der Waals surface area contributed by atoms with Crippen LogP contribution in [-0.2, 0) is 9.53 Å². The van der Waals surface area contributed by atoms with Crippen molar-refractivity contribution >= 4 is 5.97 Å². The van der Waals surface area contributed by atoms with Crippen LogP contribution in [-0.4, -0.2) is 49.7 Å². The van der Waals surface area contributed by atoms with E-state index >= 15 is 0 Å². The van der Waals surface area contributed by atoms with Crippen molar-refractivity contribution in [1.82, 2.24) is 10.2 Å². The van der Waals surface area contributed by atoms with Gasteiger partial charge in [-0.05, 0) is 33.2 Å². The number of likely N-dealkylation sites (N-methyl/N-ethyl adjacent to an activating group) is 1. The third-order valence-electron chi connectivity index (χ3n) is 3.81. The number of nitrogens with one attached hydrogen (secondary N) is 1. The molecule has 1 aliphatic rings. The highest BCUT2D eigenvalue weighted by molar-refractivity contribution is 5.75. The Morgan fingerprint density at radius 3 is 2.67 bits per heavy atom. The lowest BCUT2D eigenvalue weighted by Crippen LogP contribution is -2.45. The zero-order valence-corrected chi connectivity index (χ0v) is 12.2. The molecule has 0 aromatic carbocycles. The first-order chi connectivity index (χ1) is 8.60. The molecule has 18 heavy (non-hydrogen) atoms. The number of unbranched alkanes of at least 4 members (excludes halogenated alkanes) is 1. The summed E-state index contributed by atoms with van der Waals surface area (Å²) in [4.78, 5) is 14.1. The molecule has 1 rings (SSSR count). The van der Waals surface area contributed by atoms with Crippen LogP contribution in [0.3, 0.4) is 0 Å². The molecule has 1 N–H and O–H groups in total. The summed E-state index contributed by atoms with van der Waals surface area (Å²) in [7, 11) is 3.63. The molecule has 0 aliphatic heterocycles. The Morgan fingerprint density at radius 2 is 2.17 bits per heavy atom. The van der Waals surface area contributed by atoms with E-state index in [0.29, 0.717) is 6.04 Å². The van der Waals surface area contributed by atoms with Crippen LogP contribution in [0, 0.1) is 0 Å². The van der Waals surface area contributed by atoms with E-state index in [-0.39, 0.29) is 12.0 Å². The predicted molar refractivity (Wildman–Crippen MR) is 73.6 cm³/mol. The molecule has 0 bridgehead atoms. The first-order valence-corrected chi connectivity index (χ1v) is 7.13. The van der Waals surface area contributed by atoms with Gasteiger partial charge in [-0.2, -0.15) is 0 Å². The molecule has 1 saturated carbocycles. The largest absolute Gasteiger partial charge is 0.468 e. The fourth-order valence-corrected chi connectivity index (χ4v) is 2.15. The van der Waals surface area contributed by atoms with Crippen molar-refractivity contribution in [2.45, 2.75) is 64.1 Å². The van der Waals surface area contributed by atoms with Crippen LogP contribution < -0.4 is 5.32 Å². The third kappa shape index (κ3) is 4.94. The highest BCUT2D eigenvalue weighted by Gasteiger charge is 2.29. The molecule has 1 fully saturated rings. The fourth-order valence-electron chi connectivity index (χ4n) is 2.15. The van der Waals surface area contributed by atoms with E-state index < -0.39 is 0 Å². The zero-order chi connectivity index (χ0) is 13.5. The highest BCUT2D eigenvalue weighted by atomic mass is 16.5. The molecule has 1 aliphatic carbocycles. The smallest absolute Gasteiger partial charge is 0.322 e. The molecule has 0 amide bonds. The first-order valence-electron chi connectivity index (χ1n) is 7.13. The highest BCUT2D eigenvalue weighted by Crippen LogP contribution is 2.26. The van der Waals surface area contributed by atoms with Gasteiger partial charge in [-0.25, -0.2) is 0 Å². The van der Waals surface area contributed by atoms with Crippen LogP contribution >= 0.6 is 0 Å². The third-order valence-corrected chi connectivity index (χ3v) is 3.81. The number of nitrogens with zero attached hydrogens (tertiary/aromatic N) is 1. The second kappa shape index (κ2) is 7.74. The standard InChI is InChI=1S/C14H28N2O2/c1-5-6-7-13(14(17)18-4)15-10-11(2)16(3)12-8-9-12/h11-13,15H,5-10H2,1-4H3. The van der Waals surface area contributed by atoms with Gasteiger partial charge in [0, 0.05) is 18.6 Å². The van der Waals surface area contributed by atoms with Crippen LogP contribution in [0.25, 0.3) is 0 Å². The van der Waals surface area contributed by atoms with Gasteiger partial charge in [0.1, 0.15) is 6.04 Å². The van der Waals surface area contributed by atoms with Crippen LogP contribution in [0.1, 0.15) is 46.0 Å². The van der Waals surface area contributed by atoms with Gasteiger partial charge in [0.2, 0.25) is 0 Å². The van der Waals surface area contributed by atoms with Crippen molar-refractivity contribution in [3.8, 4) is 0 Å². The molecule has 0 spiro atoms.